The van der Waals surface area contributed by atoms with Crippen molar-refractivity contribution in [2.45, 2.75) is 13.5 Å². The first-order valence-corrected chi connectivity index (χ1v) is 5.62. The summed E-state index contributed by atoms with van der Waals surface area (Å²) in [5.41, 5.74) is 2.36. The second kappa shape index (κ2) is 6.25. The highest BCUT2D eigenvalue weighted by Crippen LogP contribution is 2.11. The lowest BCUT2D eigenvalue weighted by Gasteiger charge is -2.08. The summed E-state index contributed by atoms with van der Waals surface area (Å²) in [6.07, 6.45) is 0. The quantitative estimate of drug-likeness (QED) is 0.657. The van der Waals surface area contributed by atoms with Crippen LogP contribution in [-0.4, -0.2) is 24.9 Å². The predicted octanol–water partition coefficient (Wildman–Crippen LogP) is 1.64. The SMILES string of the molecule is COC(=O)c1ccc(CNC(=O)CCl)c(C)c1. The molecule has 0 aliphatic heterocycles. The van der Waals surface area contributed by atoms with Crippen LogP contribution in [0.5, 0.6) is 0 Å². The van der Waals surface area contributed by atoms with Gasteiger partial charge in [-0.05, 0) is 30.2 Å². The molecule has 1 rings (SSSR count). The Bertz CT molecular complexity index is 432. The van der Waals surface area contributed by atoms with Crippen molar-refractivity contribution in [3.05, 3.63) is 34.9 Å². The molecule has 0 bridgehead atoms. The maximum Gasteiger partial charge on any atom is 0.337 e. The zero-order valence-corrected chi connectivity index (χ0v) is 10.5. The highest BCUT2D eigenvalue weighted by Gasteiger charge is 2.08. The van der Waals surface area contributed by atoms with E-state index < -0.39 is 0 Å². The first-order valence-electron chi connectivity index (χ1n) is 5.09. The van der Waals surface area contributed by atoms with Crippen molar-refractivity contribution >= 4 is 23.5 Å². The number of hydrogen-bond donors (Lipinski definition) is 1. The number of aryl methyl sites for hydroxylation is 1. The highest BCUT2D eigenvalue weighted by molar-refractivity contribution is 6.27. The van der Waals surface area contributed by atoms with E-state index in [1.54, 1.807) is 18.2 Å². The molecule has 1 amide bonds. The number of esters is 1. The zero-order valence-electron chi connectivity index (χ0n) is 9.75. The summed E-state index contributed by atoms with van der Waals surface area (Å²) in [4.78, 5) is 22.3. The number of hydrogen-bond acceptors (Lipinski definition) is 3. The summed E-state index contributed by atoms with van der Waals surface area (Å²) in [6.45, 7) is 2.27. The summed E-state index contributed by atoms with van der Waals surface area (Å²) >= 11 is 5.37. The molecule has 1 aromatic rings. The fourth-order valence-electron chi connectivity index (χ4n) is 1.38. The van der Waals surface area contributed by atoms with Gasteiger partial charge in [0.25, 0.3) is 0 Å². The zero-order chi connectivity index (χ0) is 12.8. The van der Waals surface area contributed by atoms with Gasteiger partial charge in [-0.3, -0.25) is 4.79 Å². The Hall–Kier alpha value is -1.55. The lowest BCUT2D eigenvalue weighted by Crippen LogP contribution is -2.24. The van der Waals surface area contributed by atoms with Crippen LogP contribution in [0.1, 0.15) is 21.5 Å². The lowest BCUT2D eigenvalue weighted by molar-refractivity contribution is -0.118. The predicted molar refractivity (Wildman–Crippen MR) is 65.1 cm³/mol. The molecule has 0 aliphatic rings. The number of nitrogens with one attached hydrogen (secondary N) is 1. The molecule has 0 radical (unpaired) electrons. The van der Waals surface area contributed by atoms with Crippen molar-refractivity contribution in [3.63, 3.8) is 0 Å². The summed E-state index contributed by atoms with van der Waals surface area (Å²) in [6, 6.07) is 5.19. The first kappa shape index (κ1) is 13.5. The Morgan fingerprint density at radius 3 is 2.65 bits per heavy atom. The van der Waals surface area contributed by atoms with E-state index in [0.717, 1.165) is 11.1 Å². The number of benzene rings is 1. The van der Waals surface area contributed by atoms with Crippen LogP contribution in [0.25, 0.3) is 0 Å². The summed E-state index contributed by atoms with van der Waals surface area (Å²) in [5, 5.41) is 2.67. The molecular weight excluding hydrogens is 242 g/mol. The molecule has 0 saturated heterocycles. The lowest BCUT2D eigenvalue weighted by atomic mass is 10.1. The van der Waals surface area contributed by atoms with E-state index in [0.29, 0.717) is 12.1 Å². The Labute approximate surface area is 105 Å². The minimum atomic E-state index is -0.371. The monoisotopic (exact) mass is 255 g/mol. The third kappa shape index (κ3) is 3.75. The van der Waals surface area contributed by atoms with Gasteiger partial charge in [-0.1, -0.05) is 6.07 Å². The molecule has 0 atom stereocenters. The summed E-state index contributed by atoms with van der Waals surface area (Å²) in [5.74, 6) is -0.646. The van der Waals surface area contributed by atoms with Crippen LogP contribution in [-0.2, 0) is 16.1 Å². The maximum atomic E-state index is 11.3. The molecule has 0 heterocycles. The van der Waals surface area contributed by atoms with E-state index in [1.807, 2.05) is 6.92 Å². The van der Waals surface area contributed by atoms with Crippen molar-refractivity contribution in [1.82, 2.24) is 5.32 Å². The minimum Gasteiger partial charge on any atom is -0.465 e. The molecular formula is C12H14ClNO3. The topological polar surface area (TPSA) is 55.4 Å². The average molecular weight is 256 g/mol. The van der Waals surface area contributed by atoms with Gasteiger partial charge in [-0.2, -0.15) is 0 Å². The summed E-state index contributed by atoms with van der Waals surface area (Å²) < 4.78 is 4.62. The molecule has 1 N–H and O–H groups in total. The molecule has 0 spiro atoms. The van der Waals surface area contributed by atoms with E-state index in [1.165, 1.54) is 7.11 Å². The molecule has 0 aliphatic carbocycles. The molecule has 5 heteroatoms. The number of halogens is 1. The van der Waals surface area contributed by atoms with Crippen LogP contribution in [0.2, 0.25) is 0 Å². The number of carbonyl (C=O) groups excluding carboxylic acids is 2. The molecule has 4 nitrogen and oxygen atoms in total. The van der Waals surface area contributed by atoms with E-state index in [4.69, 9.17) is 11.6 Å². The van der Waals surface area contributed by atoms with Crippen molar-refractivity contribution < 1.29 is 14.3 Å². The number of amides is 1. The van der Waals surface area contributed by atoms with E-state index in [-0.39, 0.29) is 17.8 Å². The van der Waals surface area contributed by atoms with E-state index in [2.05, 4.69) is 10.1 Å². The highest BCUT2D eigenvalue weighted by atomic mass is 35.5. The van der Waals surface area contributed by atoms with Gasteiger partial charge >= 0.3 is 5.97 Å². The Morgan fingerprint density at radius 1 is 1.41 bits per heavy atom. The van der Waals surface area contributed by atoms with Gasteiger partial charge in [0, 0.05) is 6.54 Å². The third-order valence-corrected chi connectivity index (χ3v) is 2.60. The third-order valence-electron chi connectivity index (χ3n) is 2.36. The summed E-state index contributed by atoms with van der Waals surface area (Å²) in [7, 11) is 1.34. The number of ether oxygens (including phenoxy) is 1. The van der Waals surface area contributed by atoms with E-state index >= 15 is 0 Å². The van der Waals surface area contributed by atoms with Crippen LogP contribution < -0.4 is 5.32 Å². The van der Waals surface area contributed by atoms with E-state index in [9.17, 15) is 9.59 Å². The van der Waals surface area contributed by atoms with Gasteiger partial charge in [0.2, 0.25) is 5.91 Å². The number of methoxy groups -OCH3 is 1. The fraction of sp³-hybridized carbons (Fsp3) is 0.333. The Morgan fingerprint density at radius 2 is 2.12 bits per heavy atom. The van der Waals surface area contributed by atoms with Crippen molar-refractivity contribution in [1.29, 1.82) is 0 Å². The first-order chi connectivity index (χ1) is 8.08. The smallest absolute Gasteiger partial charge is 0.337 e. The largest absolute Gasteiger partial charge is 0.465 e. The molecule has 0 saturated carbocycles. The fourth-order valence-corrected chi connectivity index (χ4v) is 1.47. The van der Waals surface area contributed by atoms with Crippen molar-refractivity contribution in [3.8, 4) is 0 Å². The van der Waals surface area contributed by atoms with Gasteiger partial charge in [0.1, 0.15) is 5.88 Å². The van der Waals surface area contributed by atoms with Crippen LogP contribution in [0.3, 0.4) is 0 Å². The number of rotatable bonds is 4. The molecule has 1 aromatic carbocycles. The van der Waals surface area contributed by atoms with Gasteiger partial charge in [0.15, 0.2) is 0 Å². The Kier molecular flexibility index (Phi) is 4.97. The standard InChI is InChI=1S/C12H14ClNO3/c1-8-5-9(12(16)17-2)3-4-10(8)7-14-11(15)6-13/h3-5H,6-7H2,1-2H3,(H,14,15). The number of carbonyl (C=O) groups is 2. The van der Waals surface area contributed by atoms with Crippen LogP contribution >= 0.6 is 11.6 Å². The van der Waals surface area contributed by atoms with Crippen molar-refractivity contribution in [2.24, 2.45) is 0 Å². The van der Waals surface area contributed by atoms with Crippen LogP contribution in [0.15, 0.2) is 18.2 Å². The average Bonchev–Trinajstić information content (AvgIpc) is 2.35. The molecule has 17 heavy (non-hydrogen) atoms. The van der Waals surface area contributed by atoms with Gasteiger partial charge in [-0.15, -0.1) is 11.6 Å². The normalized spacial score (nSPS) is 9.82. The maximum absolute atomic E-state index is 11.3. The Balaban J connectivity index is 2.76. The molecule has 0 fully saturated rings. The molecule has 0 unspecified atom stereocenters. The van der Waals surface area contributed by atoms with Crippen molar-refractivity contribution in [2.75, 3.05) is 13.0 Å². The van der Waals surface area contributed by atoms with Crippen LogP contribution in [0, 0.1) is 6.92 Å². The second-order valence-electron chi connectivity index (χ2n) is 3.54. The van der Waals surface area contributed by atoms with Gasteiger partial charge in [-0.25, -0.2) is 4.79 Å². The second-order valence-corrected chi connectivity index (χ2v) is 3.81. The minimum absolute atomic E-state index is 0.0563. The molecule has 0 aromatic heterocycles. The van der Waals surface area contributed by atoms with Crippen LogP contribution in [0.4, 0.5) is 0 Å². The van der Waals surface area contributed by atoms with Gasteiger partial charge < -0.3 is 10.1 Å². The number of alkyl halides is 1. The molecule has 92 valence electrons. The van der Waals surface area contributed by atoms with Gasteiger partial charge in [0.05, 0.1) is 12.7 Å².